The Hall–Kier alpha value is -3.69. The Balaban J connectivity index is 1.59. The molecule has 1 aliphatic heterocycles. The molecular weight excluding hydrogens is 414 g/mol. The molecule has 0 bridgehead atoms. The highest BCUT2D eigenvalue weighted by Crippen LogP contribution is 2.32. The number of anilines is 1. The largest absolute Gasteiger partial charge is 0.357 e. The van der Waals surface area contributed by atoms with Gasteiger partial charge in [-0.1, -0.05) is 42.0 Å². The molecule has 1 amide bonds. The first-order valence-corrected chi connectivity index (χ1v) is 11.1. The third-order valence-electron chi connectivity index (χ3n) is 5.14. The van der Waals surface area contributed by atoms with E-state index in [1.54, 1.807) is 36.4 Å². The highest BCUT2D eigenvalue weighted by atomic mass is 32.2. The van der Waals surface area contributed by atoms with Crippen molar-refractivity contribution < 1.29 is 13.2 Å². The molecule has 0 aliphatic carbocycles. The average molecular weight is 433 g/mol. The minimum absolute atomic E-state index is 0.0631. The maximum atomic E-state index is 13.3. The van der Waals surface area contributed by atoms with E-state index < -0.39 is 22.1 Å². The Bertz CT molecular complexity index is 1360. The van der Waals surface area contributed by atoms with E-state index in [2.05, 4.69) is 20.1 Å². The van der Waals surface area contributed by atoms with E-state index in [-0.39, 0.29) is 4.90 Å². The second kappa shape index (κ2) is 7.22. The van der Waals surface area contributed by atoms with Crippen LogP contribution in [0.1, 0.15) is 27.9 Å². The number of benzene rings is 3. The third kappa shape index (κ3) is 3.43. The smallest absolute Gasteiger partial charge is 0.273 e. The number of amides is 1. The summed E-state index contributed by atoms with van der Waals surface area (Å²) in [6.07, 6.45) is -0.866. The van der Waals surface area contributed by atoms with Crippen LogP contribution < -0.4 is 10.1 Å². The molecule has 0 fully saturated rings. The van der Waals surface area contributed by atoms with Gasteiger partial charge < -0.3 is 10.3 Å². The van der Waals surface area contributed by atoms with Crippen molar-refractivity contribution in [3.8, 4) is 0 Å². The fraction of sp³-hybridized carbons (Fsp3) is 0.0909. The molecule has 0 saturated carbocycles. The van der Waals surface area contributed by atoms with Gasteiger partial charge >= 0.3 is 0 Å². The van der Waals surface area contributed by atoms with Gasteiger partial charge in [-0.05, 0) is 43.3 Å². The number of aryl methyl sites for hydroxylation is 1. The van der Waals surface area contributed by atoms with E-state index in [1.165, 1.54) is 12.1 Å². The van der Waals surface area contributed by atoms with Gasteiger partial charge in [-0.15, -0.1) is 4.83 Å². The number of hydrazine groups is 1. The Morgan fingerprint density at radius 3 is 2.45 bits per heavy atom. The number of rotatable bonds is 4. The Morgan fingerprint density at radius 1 is 0.968 bits per heavy atom. The van der Waals surface area contributed by atoms with E-state index in [4.69, 9.17) is 0 Å². The zero-order chi connectivity index (χ0) is 21.6. The van der Waals surface area contributed by atoms with E-state index in [9.17, 15) is 13.2 Å². The number of nitrogens with one attached hydrogen (secondary N) is 3. The lowest BCUT2D eigenvalue weighted by Gasteiger charge is -2.36. The zero-order valence-electron chi connectivity index (χ0n) is 16.5. The van der Waals surface area contributed by atoms with Gasteiger partial charge in [0.15, 0.2) is 12.0 Å². The number of aromatic nitrogens is 2. The lowest BCUT2D eigenvalue weighted by atomic mass is 10.1. The summed E-state index contributed by atoms with van der Waals surface area (Å²) in [4.78, 5) is 23.5. The normalized spacial score (nSPS) is 16.2. The van der Waals surface area contributed by atoms with Crippen molar-refractivity contribution in [3.63, 3.8) is 0 Å². The molecule has 0 spiro atoms. The number of imidazole rings is 1. The lowest BCUT2D eigenvalue weighted by Crippen LogP contribution is -2.53. The van der Waals surface area contributed by atoms with Crippen LogP contribution in [-0.4, -0.2) is 29.3 Å². The van der Waals surface area contributed by atoms with Crippen LogP contribution in [0.2, 0.25) is 0 Å². The predicted molar refractivity (Wildman–Crippen MR) is 117 cm³/mol. The number of para-hydroxylation sites is 3. The van der Waals surface area contributed by atoms with Crippen molar-refractivity contribution in [2.24, 2.45) is 0 Å². The van der Waals surface area contributed by atoms with Gasteiger partial charge in [-0.2, -0.15) is 0 Å². The molecule has 1 aromatic heterocycles. The molecule has 4 aromatic rings. The molecule has 1 unspecified atom stereocenters. The van der Waals surface area contributed by atoms with E-state index >= 15 is 0 Å². The molecule has 3 N–H and O–H groups in total. The Labute approximate surface area is 178 Å². The number of hydrogen-bond donors (Lipinski definition) is 3. The number of carbonyl (C=O) groups excluding carboxylic acids is 1. The van der Waals surface area contributed by atoms with Gasteiger partial charge in [0, 0.05) is 5.69 Å². The maximum Gasteiger partial charge on any atom is 0.273 e. The van der Waals surface area contributed by atoms with Crippen LogP contribution in [0.3, 0.4) is 0 Å². The SMILES string of the molecule is Cc1ccc(S(=O)(=O)NN2C(=O)c3ccccc3NC2c2nc3ccccc3[nH]2)cc1. The summed E-state index contributed by atoms with van der Waals surface area (Å²) in [6, 6.07) is 20.8. The number of nitrogens with zero attached hydrogens (tertiary/aromatic N) is 2. The molecule has 0 saturated heterocycles. The summed E-state index contributed by atoms with van der Waals surface area (Å²) in [5.74, 6) is -0.0637. The molecule has 2 heterocycles. The van der Waals surface area contributed by atoms with Gasteiger partial charge in [-0.25, -0.2) is 18.4 Å². The maximum absolute atomic E-state index is 13.3. The van der Waals surface area contributed by atoms with Gasteiger partial charge in [0.25, 0.3) is 15.9 Å². The second-order valence-corrected chi connectivity index (χ2v) is 8.98. The van der Waals surface area contributed by atoms with Crippen LogP contribution in [0, 0.1) is 6.92 Å². The molecule has 0 radical (unpaired) electrons. The van der Waals surface area contributed by atoms with Crippen molar-refractivity contribution >= 4 is 32.7 Å². The monoisotopic (exact) mass is 433 g/mol. The minimum Gasteiger partial charge on any atom is -0.357 e. The van der Waals surface area contributed by atoms with Crippen LogP contribution >= 0.6 is 0 Å². The number of hydrogen-bond acceptors (Lipinski definition) is 5. The molecule has 1 aliphatic rings. The average Bonchev–Trinajstić information content (AvgIpc) is 3.20. The molecule has 8 nitrogen and oxygen atoms in total. The van der Waals surface area contributed by atoms with Crippen molar-refractivity contribution in [1.29, 1.82) is 0 Å². The first-order chi connectivity index (χ1) is 14.9. The second-order valence-electron chi connectivity index (χ2n) is 7.31. The van der Waals surface area contributed by atoms with Crippen molar-refractivity contribution in [3.05, 3.63) is 89.7 Å². The lowest BCUT2D eigenvalue weighted by molar-refractivity contribution is 0.0625. The summed E-state index contributed by atoms with van der Waals surface area (Å²) in [6.45, 7) is 1.87. The molecule has 5 rings (SSSR count). The molecule has 3 aromatic carbocycles. The van der Waals surface area contributed by atoms with Gasteiger partial charge in [-0.3, -0.25) is 4.79 Å². The minimum atomic E-state index is -4.01. The molecule has 31 heavy (non-hydrogen) atoms. The third-order valence-corrected chi connectivity index (χ3v) is 6.47. The van der Waals surface area contributed by atoms with Crippen LogP contribution in [-0.2, 0) is 10.0 Å². The summed E-state index contributed by atoms with van der Waals surface area (Å²) >= 11 is 0. The van der Waals surface area contributed by atoms with Gasteiger partial charge in [0.2, 0.25) is 0 Å². The van der Waals surface area contributed by atoms with Crippen LogP contribution in [0.25, 0.3) is 11.0 Å². The fourth-order valence-corrected chi connectivity index (χ4v) is 4.59. The Morgan fingerprint density at radius 2 is 1.68 bits per heavy atom. The standard InChI is InChI=1S/C22H19N5O3S/c1-14-10-12-15(13-11-14)31(29,30)26-27-21(20-23-18-8-4-5-9-19(18)24-20)25-17-7-3-2-6-16(17)22(27)28/h2-13,21,25-26H,1H3,(H,23,24). The fourth-order valence-electron chi connectivity index (χ4n) is 3.54. The van der Waals surface area contributed by atoms with Gasteiger partial charge in [0.05, 0.1) is 21.5 Å². The number of H-pyrrole nitrogens is 1. The van der Waals surface area contributed by atoms with E-state index in [0.29, 0.717) is 22.6 Å². The molecular formula is C22H19N5O3S. The Kier molecular flexibility index (Phi) is 4.49. The first kappa shape index (κ1) is 19.3. The van der Waals surface area contributed by atoms with Crippen molar-refractivity contribution in [2.75, 3.05) is 5.32 Å². The number of sulfonamides is 1. The van der Waals surface area contributed by atoms with Crippen molar-refractivity contribution in [2.45, 2.75) is 18.0 Å². The zero-order valence-corrected chi connectivity index (χ0v) is 17.3. The van der Waals surface area contributed by atoms with Gasteiger partial charge in [0.1, 0.15) is 0 Å². The quantitative estimate of drug-likeness (QED) is 0.458. The van der Waals surface area contributed by atoms with Crippen molar-refractivity contribution in [1.82, 2.24) is 19.8 Å². The number of carbonyl (C=O) groups is 1. The summed E-state index contributed by atoms with van der Waals surface area (Å²) in [5, 5.41) is 4.29. The number of fused-ring (bicyclic) bond motifs is 2. The topological polar surface area (TPSA) is 107 Å². The highest BCUT2D eigenvalue weighted by molar-refractivity contribution is 7.89. The van der Waals surface area contributed by atoms with E-state index in [1.807, 2.05) is 31.2 Å². The first-order valence-electron chi connectivity index (χ1n) is 9.65. The van der Waals surface area contributed by atoms with Crippen LogP contribution in [0.4, 0.5) is 5.69 Å². The summed E-state index contributed by atoms with van der Waals surface area (Å²) in [7, 11) is -4.01. The van der Waals surface area contributed by atoms with E-state index in [0.717, 1.165) is 16.1 Å². The highest BCUT2D eigenvalue weighted by Gasteiger charge is 2.37. The molecule has 1 atom stereocenters. The predicted octanol–water partition coefficient (Wildman–Crippen LogP) is 3.33. The molecule has 9 heteroatoms. The van der Waals surface area contributed by atoms with Crippen LogP contribution in [0.5, 0.6) is 0 Å². The summed E-state index contributed by atoms with van der Waals surface area (Å²) in [5.41, 5.74) is 3.40. The van der Waals surface area contributed by atoms with Crippen LogP contribution in [0.15, 0.2) is 77.7 Å². The summed E-state index contributed by atoms with van der Waals surface area (Å²) < 4.78 is 26.1. The number of aromatic amines is 1. The molecule has 156 valence electrons.